The average Bonchev–Trinajstić information content (AvgIpc) is 2.37. The number of nitriles is 1. The largest absolute Gasteiger partial charge is 0.490 e. The highest BCUT2D eigenvalue weighted by Crippen LogP contribution is 2.27. The van der Waals surface area contributed by atoms with Crippen molar-refractivity contribution >= 4 is 5.69 Å². The summed E-state index contributed by atoms with van der Waals surface area (Å²) in [5.74, 6) is -0.818. The summed E-state index contributed by atoms with van der Waals surface area (Å²) in [5.41, 5.74) is 4.74. The van der Waals surface area contributed by atoms with Crippen molar-refractivity contribution in [3.05, 3.63) is 33.6 Å². The van der Waals surface area contributed by atoms with Gasteiger partial charge in [0.25, 0.3) is 5.69 Å². The molecule has 0 bridgehead atoms. The summed E-state index contributed by atoms with van der Waals surface area (Å²) in [7, 11) is 0. The summed E-state index contributed by atoms with van der Waals surface area (Å²) in [5, 5.41) is 19.4. The Morgan fingerprint density at radius 1 is 1.60 bits per heavy atom. The van der Waals surface area contributed by atoms with Crippen molar-refractivity contribution in [3.8, 4) is 11.8 Å². The van der Waals surface area contributed by atoms with Crippen molar-refractivity contribution < 1.29 is 14.1 Å². The molecule has 7 heteroatoms. The maximum absolute atomic E-state index is 13.6. The Labute approximate surface area is 116 Å². The second-order valence-corrected chi connectivity index (χ2v) is 4.81. The van der Waals surface area contributed by atoms with E-state index in [0.717, 1.165) is 6.07 Å². The molecule has 1 atom stereocenters. The highest BCUT2D eigenvalue weighted by molar-refractivity contribution is 5.45. The third kappa shape index (κ3) is 4.17. The fraction of sp³-hybridized carbons (Fsp3) is 0.462. The van der Waals surface area contributed by atoms with Crippen LogP contribution in [0.25, 0.3) is 0 Å². The molecule has 6 nitrogen and oxygen atoms in total. The molecule has 1 aromatic carbocycles. The summed E-state index contributed by atoms with van der Waals surface area (Å²) in [6, 6.07) is 4.08. The zero-order chi connectivity index (χ0) is 15.3. The molecule has 0 radical (unpaired) electrons. The first-order chi connectivity index (χ1) is 9.26. The van der Waals surface area contributed by atoms with Gasteiger partial charge in [0.1, 0.15) is 5.54 Å². The number of halogens is 1. The molecule has 0 aliphatic rings. The number of rotatable bonds is 6. The molecule has 0 aliphatic carbocycles. The van der Waals surface area contributed by atoms with Crippen LogP contribution in [0, 0.1) is 34.2 Å². The third-order valence-corrected chi connectivity index (χ3v) is 2.80. The maximum Gasteiger partial charge on any atom is 0.275 e. The number of nitrogens with zero attached hydrogens (tertiary/aromatic N) is 2. The van der Waals surface area contributed by atoms with Gasteiger partial charge < -0.3 is 10.5 Å². The van der Waals surface area contributed by atoms with E-state index >= 15 is 0 Å². The average molecular weight is 281 g/mol. The van der Waals surface area contributed by atoms with Gasteiger partial charge in [-0.05, 0) is 32.8 Å². The van der Waals surface area contributed by atoms with Crippen molar-refractivity contribution in [2.75, 3.05) is 6.61 Å². The molecule has 0 aromatic heterocycles. The minimum atomic E-state index is -0.937. The van der Waals surface area contributed by atoms with Crippen molar-refractivity contribution in [1.29, 1.82) is 5.26 Å². The van der Waals surface area contributed by atoms with Gasteiger partial charge in [-0.15, -0.1) is 0 Å². The van der Waals surface area contributed by atoms with Crippen molar-refractivity contribution in [1.82, 2.24) is 0 Å². The van der Waals surface area contributed by atoms with E-state index in [2.05, 4.69) is 0 Å². The molecule has 0 heterocycles. The first-order valence-electron chi connectivity index (χ1n) is 6.04. The summed E-state index contributed by atoms with van der Waals surface area (Å²) in [6.45, 7) is 3.29. The van der Waals surface area contributed by atoms with E-state index in [1.165, 1.54) is 13.0 Å². The summed E-state index contributed by atoms with van der Waals surface area (Å²) in [4.78, 5) is 10.00. The molecule has 108 valence electrons. The third-order valence-electron chi connectivity index (χ3n) is 2.80. The van der Waals surface area contributed by atoms with Gasteiger partial charge in [-0.2, -0.15) is 5.26 Å². The monoisotopic (exact) mass is 281 g/mol. The van der Waals surface area contributed by atoms with Crippen molar-refractivity contribution in [3.63, 3.8) is 0 Å². The van der Waals surface area contributed by atoms with E-state index in [9.17, 15) is 14.5 Å². The highest BCUT2D eigenvalue weighted by Gasteiger charge is 2.18. The molecule has 0 fully saturated rings. The number of hydrogen-bond donors (Lipinski definition) is 1. The molecule has 1 rings (SSSR count). The molecule has 0 spiro atoms. The molecule has 1 unspecified atom stereocenters. The number of nitro benzene ring substituents is 1. The van der Waals surface area contributed by atoms with Crippen LogP contribution in [0.3, 0.4) is 0 Å². The molecule has 2 N–H and O–H groups in total. The fourth-order valence-electron chi connectivity index (χ4n) is 1.63. The SMILES string of the molecule is Cc1cc(OCCCC(C)(N)C#N)c(F)cc1[N+](=O)[O-]. The number of nitro groups is 1. The molecule has 0 aliphatic heterocycles. The molecule has 0 saturated carbocycles. The van der Waals surface area contributed by atoms with E-state index in [4.69, 9.17) is 15.7 Å². The molecule has 0 amide bonds. The van der Waals surface area contributed by atoms with Crippen LogP contribution >= 0.6 is 0 Å². The van der Waals surface area contributed by atoms with Crippen LogP contribution < -0.4 is 10.5 Å². The van der Waals surface area contributed by atoms with Gasteiger partial charge >= 0.3 is 0 Å². The molecule has 1 aromatic rings. The number of benzene rings is 1. The minimum Gasteiger partial charge on any atom is -0.490 e. The van der Waals surface area contributed by atoms with Crippen LogP contribution in [0.2, 0.25) is 0 Å². The van der Waals surface area contributed by atoms with Gasteiger partial charge in [0, 0.05) is 5.56 Å². The molecular formula is C13H16FN3O3. The Kier molecular flexibility index (Phi) is 5.00. The number of hydrogen-bond acceptors (Lipinski definition) is 5. The molecular weight excluding hydrogens is 265 g/mol. The standard InChI is InChI=1S/C13H16FN3O3/c1-9-6-12(10(14)7-11(9)17(18)19)20-5-3-4-13(2,16)8-15/h6-7H,3-5,16H2,1-2H3. The number of nitrogens with two attached hydrogens (primary N) is 1. The Bertz CT molecular complexity index is 553. The Morgan fingerprint density at radius 2 is 2.25 bits per heavy atom. The fourth-order valence-corrected chi connectivity index (χ4v) is 1.63. The first-order valence-corrected chi connectivity index (χ1v) is 6.04. The molecule has 20 heavy (non-hydrogen) atoms. The summed E-state index contributed by atoms with van der Waals surface area (Å²) < 4.78 is 18.8. The van der Waals surface area contributed by atoms with Gasteiger partial charge in [0.15, 0.2) is 11.6 Å². The zero-order valence-corrected chi connectivity index (χ0v) is 11.4. The summed E-state index contributed by atoms with van der Waals surface area (Å²) in [6.07, 6.45) is 0.896. The normalized spacial score (nSPS) is 13.3. The van der Waals surface area contributed by atoms with Gasteiger partial charge in [-0.1, -0.05) is 0 Å². The number of aryl methyl sites for hydroxylation is 1. The molecule has 0 saturated heterocycles. The second-order valence-electron chi connectivity index (χ2n) is 4.81. The van der Waals surface area contributed by atoms with E-state index in [-0.39, 0.29) is 18.0 Å². The predicted molar refractivity (Wildman–Crippen MR) is 70.7 cm³/mol. The van der Waals surface area contributed by atoms with Crippen LogP contribution in [0.5, 0.6) is 5.75 Å². The lowest BCUT2D eigenvalue weighted by Crippen LogP contribution is -2.34. The lowest BCUT2D eigenvalue weighted by Gasteiger charge is -2.15. The van der Waals surface area contributed by atoms with Crippen LogP contribution in [-0.4, -0.2) is 17.1 Å². The summed E-state index contributed by atoms with van der Waals surface area (Å²) >= 11 is 0. The lowest BCUT2D eigenvalue weighted by atomic mass is 10.00. The topological polar surface area (TPSA) is 102 Å². The Balaban J connectivity index is 2.64. The van der Waals surface area contributed by atoms with Gasteiger partial charge in [0.2, 0.25) is 0 Å². The van der Waals surface area contributed by atoms with E-state index < -0.39 is 16.3 Å². The number of ether oxygens (including phenoxy) is 1. The van der Waals surface area contributed by atoms with E-state index in [1.54, 1.807) is 6.92 Å². The van der Waals surface area contributed by atoms with E-state index in [1.807, 2.05) is 6.07 Å². The first kappa shape index (κ1) is 15.9. The van der Waals surface area contributed by atoms with Gasteiger partial charge in [-0.25, -0.2) is 4.39 Å². The lowest BCUT2D eigenvalue weighted by molar-refractivity contribution is -0.385. The van der Waals surface area contributed by atoms with Crippen molar-refractivity contribution in [2.45, 2.75) is 32.2 Å². The zero-order valence-electron chi connectivity index (χ0n) is 11.4. The Hall–Kier alpha value is -2.20. The smallest absolute Gasteiger partial charge is 0.275 e. The van der Waals surface area contributed by atoms with Crippen LogP contribution in [0.15, 0.2) is 12.1 Å². The van der Waals surface area contributed by atoms with Gasteiger partial charge in [0.05, 0.1) is 23.7 Å². The second kappa shape index (κ2) is 6.30. The maximum atomic E-state index is 13.6. The Morgan fingerprint density at radius 3 is 2.80 bits per heavy atom. The quantitative estimate of drug-likeness (QED) is 0.490. The van der Waals surface area contributed by atoms with Gasteiger partial charge in [-0.3, -0.25) is 10.1 Å². The van der Waals surface area contributed by atoms with Crippen LogP contribution in [-0.2, 0) is 0 Å². The van der Waals surface area contributed by atoms with Crippen LogP contribution in [0.4, 0.5) is 10.1 Å². The van der Waals surface area contributed by atoms with Crippen LogP contribution in [0.1, 0.15) is 25.3 Å². The minimum absolute atomic E-state index is 0.0382. The van der Waals surface area contributed by atoms with Crippen molar-refractivity contribution in [2.24, 2.45) is 5.73 Å². The predicted octanol–water partition coefficient (Wildman–Crippen LogP) is 2.44. The highest BCUT2D eigenvalue weighted by atomic mass is 19.1. The van der Waals surface area contributed by atoms with E-state index in [0.29, 0.717) is 18.4 Å².